The lowest BCUT2D eigenvalue weighted by molar-refractivity contribution is -0.136. The van der Waals surface area contributed by atoms with Gasteiger partial charge in [-0.3, -0.25) is 9.36 Å². The van der Waals surface area contributed by atoms with Gasteiger partial charge in [0.25, 0.3) is 0 Å². The molecule has 0 spiro atoms. The van der Waals surface area contributed by atoms with Crippen molar-refractivity contribution in [3.63, 3.8) is 0 Å². The summed E-state index contributed by atoms with van der Waals surface area (Å²) < 4.78 is 4.16. The summed E-state index contributed by atoms with van der Waals surface area (Å²) in [6, 6.07) is 0. The zero-order chi connectivity index (χ0) is 13.4. The highest BCUT2D eigenvalue weighted by molar-refractivity contribution is 9.10. The summed E-state index contributed by atoms with van der Waals surface area (Å²) >= 11 is 3.36. The molecule has 98 valence electrons. The van der Waals surface area contributed by atoms with E-state index in [4.69, 9.17) is 5.11 Å². The summed E-state index contributed by atoms with van der Waals surface area (Å²) in [5.74, 6) is 1.21. The second-order valence-electron chi connectivity index (χ2n) is 4.70. The first-order valence-corrected chi connectivity index (χ1v) is 6.50. The minimum Gasteiger partial charge on any atom is -0.481 e. The quantitative estimate of drug-likeness (QED) is 0.931. The van der Waals surface area contributed by atoms with E-state index in [1.54, 1.807) is 4.52 Å². The number of aliphatic carboxylic acids is 1. The topological polar surface area (TPSA) is 72.4 Å². The van der Waals surface area contributed by atoms with E-state index >= 15 is 0 Å². The number of nitrogens with zero attached hydrogens (tertiary/aromatic N) is 4. The third-order valence-electron chi connectivity index (χ3n) is 2.66. The molecule has 0 atom stereocenters. The van der Waals surface area contributed by atoms with Crippen molar-refractivity contribution >= 4 is 27.7 Å². The fourth-order valence-electron chi connectivity index (χ4n) is 1.83. The molecule has 7 heteroatoms. The van der Waals surface area contributed by atoms with Gasteiger partial charge in [-0.1, -0.05) is 13.8 Å². The van der Waals surface area contributed by atoms with Gasteiger partial charge in [-0.2, -0.15) is 9.61 Å². The van der Waals surface area contributed by atoms with Crippen LogP contribution in [0, 0.1) is 5.92 Å². The number of rotatable bonds is 4. The number of carboxylic acids is 1. The van der Waals surface area contributed by atoms with E-state index in [9.17, 15) is 4.79 Å². The number of halogens is 1. The van der Waals surface area contributed by atoms with Crippen LogP contribution in [0.2, 0.25) is 0 Å². The zero-order valence-electron chi connectivity index (χ0n) is 10.5. The molecule has 0 aromatic carbocycles. The maximum atomic E-state index is 10.7. The highest BCUT2D eigenvalue weighted by Gasteiger charge is 2.18. The summed E-state index contributed by atoms with van der Waals surface area (Å²) in [5, 5.41) is 13.3. The Morgan fingerprint density at radius 1 is 1.50 bits per heavy atom. The Kier molecular flexibility index (Phi) is 3.43. The molecule has 2 heterocycles. The molecular weight excluding hydrogens is 300 g/mol. The van der Waals surface area contributed by atoms with Gasteiger partial charge in [0.1, 0.15) is 10.4 Å². The van der Waals surface area contributed by atoms with Crippen LogP contribution in [0.3, 0.4) is 0 Å². The predicted octanol–water partition coefficient (Wildman–Crippen LogP) is 1.66. The number of carbonyl (C=O) groups is 1. The molecule has 2 rings (SSSR count). The number of aryl methyl sites for hydroxylation is 1. The van der Waals surface area contributed by atoms with Crippen molar-refractivity contribution in [3.05, 3.63) is 16.1 Å². The average Bonchev–Trinajstić information content (AvgIpc) is 2.69. The smallest absolute Gasteiger partial charge is 0.309 e. The second kappa shape index (κ2) is 4.72. The Morgan fingerprint density at radius 2 is 2.17 bits per heavy atom. The van der Waals surface area contributed by atoms with Gasteiger partial charge in [0.15, 0.2) is 0 Å². The van der Waals surface area contributed by atoms with Gasteiger partial charge < -0.3 is 5.11 Å². The van der Waals surface area contributed by atoms with Crippen molar-refractivity contribution in [2.75, 3.05) is 0 Å². The van der Waals surface area contributed by atoms with Crippen molar-refractivity contribution in [3.8, 4) is 0 Å². The Bertz CT molecular complexity index is 600. The van der Waals surface area contributed by atoms with Gasteiger partial charge in [-0.15, -0.1) is 0 Å². The van der Waals surface area contributed by atoms with Gasteiger partial charge in [0.05, 0.1) is 12.1 Å². The molecule has 2 aromatic rings. The maximum absolute atomic E-state index is 10.7. The lowest BCUT2D eigenvalue weighted by Gasteiger charge is -2.03. The molecule has 0 saturated heterocycles. The molecule has 2 aromatic heterocycles. The molecule has 0 aliphatic rings. The van der Waals surface area contributed by atoms with Gasteiger partial charge in [-0.05, 0) is 21.8 Å². The lowest BCUT2D eigenvalue weighted by atomic mass is 10.1. The van der Waals surface area contributed by atoms with Crippen LogP contribution in [0.25, 0.3) is 5.78 Å². The van der Waals surface area contributed by atoms with Crippen LogP contribution in [0.4, 0.5) is 0 Å². The average molecular weight is 315 g/mol. The number of carboxylic acid groups (broad SMARTS) is 1. The lowest BCUT2D eigenvalue weighted by Crippen LogP contribution is -2.05. The number of hydrogen-bond acceptors (Lipinski definition) is 3. The van der Waals surface area contributed by atoms with E-state index in [-0.39, 0.29) is 6.42 Å². The first-order valence-electron chi connectivity index (χ1n) is 5.70. The summed E-state index contributed by atoms with van der Waals surface area (Å²) in [5.41, 5.74) is 0.497. The molecular formula is C11H15BrN4O2. The summed E-state index contributed by atoms with van der Waals surface area (Å²) in [4.78, 5) is 15.0. The van der Waals surface area contributed by atoms with E-state index < -0.39 is 5.97 Å². The first kappa shape index (κ1) is 13.1. The number of fused-ring (bicyclic) bond motifs is 1. The van der Waals surface area contributed by atoms with Crippen molar-refractivity contribution in [1.29, 1.82) is 0 Å². The van der Waals surface area contributed by atoms with Gasteiger partial charge >= 0.3 is 5.97 Å². The van der Waals surface area contributed by atoms with Crippen LogP contribution in [-0.2, 0) is 24.7 Å². The van der Waals surface area contributed by atoms with Crippen LogP contribution in [0.15, 0.2) is 4.60 Å². The van der Waals surface area contributed by atoms with Crippen molar-refractivity contribution in [2.24, 2.45) is 13.0 Å². The van der Waals surface area contributed by atoms with E-state index in [2.05, 4.69) is 39.9 Å². The number of aromatic nitrogens is 4. The largest absolute Gasteiger partial charge is 0.481 e. The third-order valence-corrected chi connectivity index (χ3v) is 3.45. The molecule has 0 saturated carbocycles. The van der Waals surface area contributed by atoms with Crippen LogP contribution in [0.5, 0.6) is 0 Å². The monoisotopic (exact) mass is 314 g/mol. The van der Waals surface area contributed by atoms with E-state index in [0.29, 0.717) is 22.0 Å². The predicted molar refractivity (Wildman–Crippen MR) is 69.5 cm³/mol. The normalized spacial score (nSPS) is 11.6. The van der Waals surface area contributed by atoms with Crippen LogP contribution in [-0.4, -0.2) is 30.2 Å². The third kappa shape index (κ3) is 2.27. The zero-order valence-corrected chi connectivity index (χ0v) is 12.1. The van der Waals surface area contributed by atoms with E-state index in [0.717, 1.165) is 12.2 Å². The summed E-state index contributed by atoms with van der Waals surface area (Å²) in [6.45, 7) is 4.25. The minimum absolute atomic E-state index is 0.108. The number of imidazole rings is 1. The Hall–Kier alpha value is -1.37. The van der Waals surface area contributed by atoms with Gasteiger partial charge in [0.2, 0.25) is 5.78 Å². The molecule has 18 heavy (non-hydrogen) atoms. The Labute approximate surface area is 113 Å². The standard InChI is InChI=1S/C11H15BrN4O2/c1-6(2)4-8-14-16-10(12)7(5-9(17)18)13-11(16)15(8)3/h6H,4-5H2,1-3H3,(H,17,18). The SMILES string of the molecule is CC(C)Cc1nn2c(Br)c(CC(=O)O)nc2n1C. The molecule has 0 fully saturated rings. The molecule has 0 amide bonds. The minimum atomic E-state index is -0.901. The van der Waals surface area contributed by atoms with E-state index in [1.165, 1.54) is 0 Å². The molecule has 1 N–H and O–H groups in total. The number of hydrogen-bond donors (Lipinski definition) is 1. The van der Waals surface area contributed by atoms with Crippen molar-refractivity contribution in [1.82, 2.24) is 19.2 Å². The van der Waals surface area contributed by atoms with Gasteiger partial charge in [-0.25, -0.2) is 4.98 Å². The Balaban J connectivity index is 2.46. The highest BCUT2D eigenvalue weighted by Crippen LogP contribution is 2.20. The molecule has 0 aliphatic carbocycles. The molecule has 0 aliphatic heterocycles. The van der Waals surface area contributed by atoms with Crippen LogP contribution < -0.4 is 0 Å². The maximum Gasteiger partial charge on any atom is 0.309 e. The molecule has 6 nitrogen and oxygen atoms in total. The summed E-state index contributed by atoms with van der Waals surface area (Å²) in [7, 11) is 1.89. The molecule has 0 bridgehead atoms. The summed E-state index contributed by atoms with van der Waals surface area (Å²) in [6.07, 6.45) is 0.754. The fraction of sp³-hybridized carbons (Fsp3) is 0.545. The highest BCUT2D eigenvalue weighted by atomic mass is 79.9. The second-order valence-corrected chi connectivity index (χ2v) is 5.46. The van der Waals surface area contributed by atoms with E-state index in [1.807, 2.05) is 11.6 Å². The van der Waals surface area contributed by atoms with Crippen molar-refractivity contribution in [2.45, 2.75) is 26.7 Å². The molecule has 0 unspecified atom stereocenters. The van der Waals surface area contributed by atoms with Gasteiger partial charge in [0, 0.05) is 13.5 Å². The first-order chi connectivity index (χ1) is 8.40. The van der Waals surface area contributed by atoms with Crippen LogP contribution in [0.1, 0.15) is 25.4 Å². The van der Waals surface area contributed by atoms with Crippen LogP contribution >= 0.6 is 15.9 Å². The fourth-order valence-corrected chi connectivity index (χ4v) is 2.29. The van der Waals surface area contributed by atoms with Crippen molar-refractivity contribution < 1.29 is 9.90 Å². The Morgan fingerprint density at radius 3 is 2.67 bits per heavy atom. The molecule has 0 radical (unpaired) electrons.